The number of carbonyl (C=O) groups excluding carboxylic acids is 1. The Kier molecular flexibility index (Phi) is 4.63. The molecule has 0 radical (unpaired) electrons. The molecule has 17 heavy (non-hydrogen) atoms. The molecule has 0 fully saturated rings. The fraction of sp³-hybridized carbons (Fsp3) is 0.462. The molecule has 4 heteroatoms. The maximum absolute atomic E-state index is 13.4. The van der Waals surface area contributed by atoms with Gasteiger partial charge in [0.25, 0.3) is 0 Å². The summed E-state index contributed by atoms with van der Waals surface area (Å²) in [5.74, 6) is -0.475. The van der Waals surface area contributed by atoms with Crippen LogP contribution in [0.3, 0.4) is 0 Å². The van der Waals surface area contributed by atoms with Gasteiger partial charge in [-0.3, -0.25) is 4.79 Å². The van der Waals surface area contributed by atoms with Crippen LogP contribution in [0.5, 0.6) is 5.75 Å². The zero-order valence-electron chi connectivity index (χ0n) is 10.4. The highest BCUT2D eigenvalue weighted by Crippen LogP contribution is 2.19. The van der Waals surface area contributed by atoms with Crippen molar-refractivity contribution in [3.63, 3.8) is 0 Å². The Hall–Kier alpha value is -1.42. The molecule has 0 saturated carbocycles. The second-order valence-electron chi connectivity index (χ2n) is 4.26. The Labute approximate surface area is 101 Å². The van der Waals surface area contributed by atoms with E-state index in [1.54, 1.807) is 19.9 Å². The van der Waals surface area contributed by atoms with Gasteiger partial charge in [-0.25, -0.2) is 4.39 Å². The molecule has 0 aliphatic carbocycles. The fourth-order valence-electron chi connectivity index (χ4n) is 1.48. The van der Waals surface area contributed by atoms with Crippen molar-refractivity contribution in [3.8, 4) is 5.75 Å². The van der Waals surface area contributed by atoms with Crippen LogP contribution >= 0.6 is 0 Å². The van der Waals surface area contributed by atoms with E-state index < -0.39 is 5.82 Å². The number of Topliss-reactive ketones (excluding diaryl/α,β-unsaturated/α-hetero) is 1. The number of halogens is 1. The van der Waals surface area contributed by atoms with E-state index >= 15 is 0 Å². The molecule has 0 heterocycles. The number of carbonyl (C=O) groups is 1. The van der Waals surface area contributed by atoms with Crippen molar-refractivity contribution in [2.24, 2.45) is 11.7 Å². The number of ether oxygens (including phenoxy) is 1. The predicted molar refractivity (Wildman–Crippen MR) is 64.5 cm³/mol. The number of methoxy groups -OCH3 is 1. The largest absolute Gasteiger partial charge is 0.494 e. The molecule has 0 bridgehead atoms. The van der Waals surface area contributed by atoms with Crippen molar-refractivity contribution in [1.82, 2.24) is 0 Å². The van der Waals surface area contributed by atoms with Crippen molar-refractivity contribution in [2.45, 2.75) is 26.3 Å². The van der Waals surface area contributed by atoms with E-state index in [-0.39, 0.29) is 29.9 Å². The lowest BCUT2D eigenvalue weighted by molar-refractivity contribution is -0.122. The van der Waals surface area contributed by atoms with Crippen molar-refractivity contribution >= 4 is 5.78 Å². The third-order valence-electron chi connectivity index (χ3n) is 2.89. The monoisotopic (exact) mass is 239 g/mol. The van der Waals surface area contributed by atoms with E-state index in [1.165, 1.54) is 19.2 Å². The number of nitrogens with two attached hydrogens (primary N) is 1. The predicted octanol–water partition coefficient (Wildman–Crippen LogP) is 1.93. The molecule has 0 amide bonds. The average Bonchev–Trinajstić information content (AvgIpc) is 2.28. The van der Waals surface area contributed by atoms with Crippen LogP contribution in [0.2, 0.25) is 0 Å². The van der Waals surface area contributed by atoms with E-state index in [2.05, 4.69) is 0 Å². The van der Waals surface area contributed by atoms with Gasteiger partial charge in [0.05, 0.1) is 7.11 Å². The Morgan fingerprint density at radius 2 is 2.12 bits per heavy atom. The summed E-state index contributed by atoms with van der Waals surface area (Å²) in [4.78, 5) is 11.8. The highest BCUT2D eigenvalue weighted by Gasteiger charge is 2.17. The highest BCUT2D eigenvalue weighted by molar-refractivity contribution is 5.83. The zero-order chi connectivity index (χ0) is 13.0. The second-order valence-corrected chi connectivity index (χ2v) is 4.26. The van der Waals surface area contributed by atoms with Gasteiger partial charge in [0.1, 0.15) is 5.78 Å². The summed E-state index contributed by atoms with van der Waals surface area (Å²) in [7, 11) is 1.40. The van der Waals surface area contributed by atoms with Crippen molar-refractivity contribution in [2.75, 3.05) is 7.11 Å². The van der Waals surface area contributed by atoms with Gasteiger partial charge >= 0.3 is 0 Å². The first-order valence-electron chi connectivity index (χ1n) is 5.56. The molecule has 1 rings (SSSR count). The number of benzene rings is 1. The lowest BCUT2D eigenvalue weighted by atomic mass is 9.94. The summed E-state index contributed by atoms with van der Waals surface area (Å²) >= 11 is 0. The van der Waals surface area contributed by atoms with Crippen LogP contribution in [-0.4, -0.2) is 18.9 Å². The number of rotatable bonds is 5. The Bertz CT molecular complexity index is 404. The van der Waals surface area contributed by atoms with Gasteiger partial charge in [0, 0.05) is 18.4 Å². The van der Waals surface area contributed by atoms with Crippen LogP contribution in [0.4, 0.5) is 4.39 Å². The Balaban J connectivity index is 2.76. The average molecular weight is 239 g/mol. The molecule has 1 aromatic carbocycles. The molecule has 0 spiro atoms. The summed E-state index contributed by atoms with van der Waals surface area (Å²) in [6, 6.07) is 4.35. The molecular weight excluding hydrogens is 221 g/mol. The first kappa shape index (κ1) is 13.6. The lowest BCUT2D eigenvalue weighted by Gasteiger charge is -2.14. The van der Waals surface area contributed by atoms with Crippen LogP contribution in [0, 0.1) is 11.7 Å². The highest BCUT2D eigenvalue weighted by atomic mass is 19.1. The smallest absolute Gasteiger partial charge is 0.165 e. The van der Waals surface area contributed by atoms with Gasteiger partial charge in [-0.2, -0.15) is 0 Å². The van der Waals surface area contributed by atoms with E-state index in [0.717, 1.165) is 0 Å². The van der Waals surface area contributed by atoms with E-state index in [1.807, 2.05) is 0 Å². The van der Waals surface area contributed by atoms with E-state index in [9.17, 15) is 9.18 Å². The number of hydrogen-bond donors (Lipinski definition) is 1. The molecule has 2 N–H and O–H groups in total. The summed E-state index contributed by atoms with van der Waals surface area (Å²) in [5.41, 5.74) is 6.29. The fourth-order valence-corrected chi connectivity index (χ4v) is 1.48. The summed E-state index contributed by atoms with van der Waals surface area (Å²) in [6.45, 7) is 3.57. The second kappa shape index (κ2) is 5.77. The Morgan fingerprint density at radius 1 is 1.47 bits per heavy atom. The minimum atomic E-state index is -0.453. The molecule has 94 valence electrons. The van der Waals surface area contributed by atoms with Crippen molar-refractivity contribution in [1.29, 1.82) is 0 Å². The van der Waals surface area contributed by atoms with E-state index in [4.69, 9.17) is 10.5 Å². The van der Waals surface area contributed by atoms with Crippen LogP contribution in [0.1, 0.15) is 19.4 Å². The van der Waals surface area contributed by atoms with Crippen LogP contribution in [-0.2, 0) is 11.2 Å². The summed E-state index contributed by atoms with van der Waals surface area (Å²) in [6.07, 6.45) is 0.198. The quantitative estimate of drug-likeness (QED) is 0.854. The van der Waals surface area contributed by atoms with Crippen LogP contribution in [0.15, 0.2) is 18.2 Å². The van der Waals surface area contributed by atoms with Gasteiger partial charge in [-0.1, -0.05) is 13.0 Å². The van der Waals surface area contributed by atoms with Crippen molar-refractivity contribution in [3.05, 3.63) is 29.6 Å². The minimum Gasteiger partial charge on any atom is -0.494 e. The standard InChI is InChI=1S/C13H18FNO2/c1-8(9(2)15)12(16)7-10-4-5-13(17-3)11(14)6-10/h4-6,8-9H,7,15H2,1-3H3. The third kappa shape index (κ3) is 3.53. The SMILES string of the molecule is COc1ccc(CC(=O)C(C)C(C)N)cc1F. The Morgan fingerprint density at radius 3 is 2.59 bits per heavy atom. The van der Waals surface area contributed by atoms with Gasteiger partial charge in [0.2, 0.25) is 0 Å². The molecule has 2 unspecified atom stereocenters. The molecule has 0 saturated heterocycles. The van der Waals surface area contributed by atoms with Gasteiger partial charge in [0.15, 0.2) is 11.6 Å². The van der Waals surface area contributed by atoms with Crippen LogP contribution in [0.25, 0.3) is 0 Å². The minimum absolute atomic E-state index is 0.0181. The van der Waals surface area contributed by atoms with Gasteiger partial charge < -0.3 is 10.5 Å². The van der Waals surface area contributed by atoms with Gasteiger partial charge in [-0.05, 0) is 24.6 Å². The number of hydrogen-bond acceptors (Lipinski definition) is 3. The van der Waals surface area contributed by atoms with Crippen molar-refractivity contribution < 1.29 is 13.9 Å². The molecule has 3 nitrogen and oxygen atoms in total. The molecule has 0 aliphatic heterocycles. The lowest BCUT2D eigenvalue weighted by Crippen LogP contribution is -2.31. The maximum atomic E-state index is 13.4. The molecule has 2 atom stereocenters. The zero-order valence-corrected chi connectivity index (χ0v) is 10.4. The molecule has 0 aliphatic rings. The molecule has 0 aromatic heterocycles. The molecular formula is C13H18FNO2. The summed E-state index contributed by atoms with van der Waals surface area (Å²) < 4.78 is 18.2. The van der Waals surface area contributed by atoms with Gasteiger partial charge in [-0.15, -0.1) is 0 Å². The first-order valence-corrected chi connectivity index (χ1v) is 5.56. The maximum Gasteiger partial charge on any atom is 0.165 e. The third-order valence-corrected chi connectivity index (χ3v) is 2.89. The van der Waals surface area contributed by atoms with E-state index in [0.29, 0.717) is 5.56 Å². The molecule has 1 aromatic rings. The normalized spacial score (nSPS) is 14.2. The van der Waals surface area contributed by atoms with Crippen LogP contribution < -0.4 is 10.5 Å². The first-order chi connectivity index (χ1) is 7.95. The summed E-state index contributed by atoms with van der Waals surface area (Å²) in [5, 5.41) is 0. The number of ketones is 1. The topological polar surface area (TPSA) is 52.3 Å².